The van der Waals surface area contributed by atoms with Gasteiger partial charge in [0.2, 0.25) is 0 Å². The molecule has 0 N–H and O–H groups in total. The lowest BCUT2D eigenvalue weighted by molar-refractivity contribution is 0.0973. The van der Waals surface area contributed by atoms with Crippen molar-refractivity contribution < 1.29 is 4.79 Å². The average molecular weight is 330 g/mol. The minimum atomic E-state index is -0.0522. The molecular weight excluding hydrogens is 314 g/mol. The summed E-state index contributed by atoms with van der Waals surface area (Å²) in [5, 5.41) is 0. The number of fused-ring (bicyclic) bond motifs is 1. The van der Waals surface area contributed by atoms with E-state index in [1.807, 2.05) is 61.5 Å². The molecule has 0 radical (unpaired) electrons. The fourth-order valence-electron chi connectivity index (χ4n) is 2.88. The molecule has 2 nitrogen and oxygen atoms in total. The molecule has 3 heteroatoms. The molecule has 1 atom stereocenters. The number of rotatable bonds is 2. The van der Waals surface area contributed by atoms with Crippen LogP contribution >= 0.6 is 15.9 Å². The molecule has 1 unspecified atom stereocenters. The maximum atomic E-state index is 12.8. The van der Waals surface area contributed by atoms with Gasteiger partial charge in [0.25, 0.3) is 0 Å². The van der Waals surface area contributed by atoms with Gasteiger partial charge in [0.15, 0.2) is 5.78 Å². The third-order valence-corrected chi connectivity index (χ3v) is 4.63. The first kappa shape index (κ1) is 13.4. The third kappa shape index (κ3) is 2.06. The highest BCUT2D eigenvalue weighted by Gasteiger charge is 2.35. The van der Waals surface area contributed by atoms with E-state index in [0.29, 0.717) is 0 Å². The summed E-state index contributed by atoms with van der Waals surface area (Å²) in [5.41, 5.74) is 4.12. The largest absolute Gasteiger partial charge is 0.377 e. The summed E-state index contributed by atoms with van der Waals surface area (Å²) in [6.07, 6.45) is 0.778. The molecule has 0 bridgehead atoms. The normalized spacial score (nSPS) is 17.1. The standard InChI is InChI=1S/C17H16BrNO/c1-19(2)15-9-8-14(18)13-10-12(17(20)16(13)15)11-6-4-3-5-7-11/h3-9,12H,10H2,1-2H3. The predicted octanol–water partition coefficient (Wildman–Crippen LogP) is 4.04. The van der Waals surface area contributed by atoms with E-state index in [2.05, 4.69) is 15.9 Å². The van der Waals surface area contributed by atoms with Crippen LogP contribution in [0.25, 0.3) is 0 Å². The molecule has 20 heavy (non-hydrogen) atoms. The first-order chi connectivity index (χ1) is 9.59. The molecule has 0 fully saturated rings. The van der Waals surface area contributed by atoms with Crippen LogP contribution in [0.1, 0.15) is 27.4 Å². The van der Waals surface area contributed by atoms with Crippen LogP contribution in [0, 0.1) is 0 Å². The third-order valence-electron chi connectivity index (χ3n) is 3.89. The van der Waals surface area contributed by atoms with E-state index < -0.39 is 0 Å². The van der Waals surface area contributed by atoms with Crippen molar-refractivity contribution in [2.45, 2.75) is 12.3 Å². The Hall–Kier alpha value is -1.61. The molecule has 102 valence electrons. The Morgan fingerprint density at radius 3 is 2.45 bits per heavy atom. The smallest absolute Gasteiger partial charge is 0.173 e. The topological polar surface area (TPSA) is 20.3 Å². The van der Waals surface area contributed by atoms with Crippen LogP contribution in [0.15, 0.2) is 46.9 Å². The molecule has 0 saturated carbocycles. The maximum absolute atomic E-state index is 12.8. The van der Waals surface area contributed by atoms with E-state index in [1.165, 1.54) is 0 Å². The molecule has 2 aromatic carbocycles. The number of hydrogen-bond acceptors (Lipinski definition) is 2. The molecule has 1 aliphatic rings. The lowest BCUT2D eigenvalue weighted by Gasteiger charge is -2.17. The summed E-state index contributed by atoms with van der Waals surface area (Å²) < 4.78 is 1.03. The minimum Gasteiger partial charge on any atom is -0.377 e. The molecule has 0 amide bonds. The molecule has 0 saturated heterocycles. The van der Waals surface area contributed by atoms with Gasteiger partial charge in [-0.3, -0.25) is 4.79 Å². The van der Waals surface area contributed by atoms with Gasteiger partial charge in [-0.2, -0.15) is 0 Å². The van der Waals surface area contributed by atoms with Gasteiger partial charge in [0.1, 0.15) is 0 Å². The number of ketones is 1. The van der Waals surface area contributed by atoms with Crippen molar-refractivity contribution in [2.75, 3.05) is 19.0 Å². The maximum Gasteiger partial charge on any atom is 0.173 e. The van der Waals surface area contributed by atoms with Crippen molar-refractivity contribution in [2.24, 2.45) is 0 Å². The summed E-state index contributed by atoms with van der Waals surface area (Å²) in [5.74, 6) is 0.180. The Kier molecular flexibility index (Phi) is 3.38. The molecule has 0 aliphatic heterocycles. The van der Waals surface area contributed by atoms with Crippen molar-refractivity contribution in [1.29, 1.82) is 0 Å². The second-order valence-electron chi connectivity index (χ2n) is 5.35. The van der Waals surface area contributed by atoms with Gasteiger partial charge < -0.3 is 4.90 Å². The van der Waals surface area contributed by atoms with E-state index in [1.54, 1.807) is 0 Å². The lowest BCUT2D eigenvalue weighted by atomic mass is 9.95. The van der Waals surface area contributed by atoms with Gasteiger partial charge in [-0.25, -0.2) is 0 Å². The highest BCUT2D eigenvalue weighted by molar-refractivity contribution is 9.10. The van der Waals surface area contributed by atoms with Crippen LogP contribution in [-0.2, 0) is 6.42 Å². The number of Topliss-reactive ketones (excluding diaryl/α,β-unsaturated/α-hetero) is 1. The van der Waals surface area contributed by atoms with Crippen LogP contribution < -0.4 is 4.90 Å². The van der Waals surface area contributed by atoms with Gasteiger partial charge in [0.05, 0.1) is 5.92 Å². The lowest BCUT2D eigenvalue weighted by Crippen LogP contribution is -2.14. The van der Waals surface area contributed by atoms with Gasteiger partial charge >= 0.3 is 0 Å². The fraction of sp³-hybridized carbons (Fsp3) is 0.235. The first-order valence-electron chi connectivity index (χ1n) is 6.67. The molecule has 3 rings (SSSR count). The molecule has 0 aromatic heterocycles. The number of benzene rings is 2. The van der Waals surface area contributed by atoms with Gasteiger partial charge in [-0.15, -0.1) is 0 Å². The fourth-order valence-corrected chi connectivity index (χ4v) is 3.38. The molecule has 1 aliphatic carbocycles. The average Bonchev–Trinajstić information content (AvgIpc) is 2.79. The van der Waals surface area contributed by atoms with Crippen molar-refractivity contribution >= 4 is 27.4 Å². The van der Waals surface area contributed by atoms with Crippen LogP contribution in [0.2, 0.25) is 0 Å². The number of anilines is 1. The van der Waals surface area contributed by atoms with Crippen molar-refractivity contribution in [3.05, 3.63) is 63.6 Å². The number of carbonyl (C=O) groups excluding carboxylic acids is 1. The zero-order valence-electron chi connectivity index (χ0n) is 11.6. The highest BCUT2D eigenvalue weighted by atomic mass is 79.9. The number of carbonyl (C=O) groups is 1. The predicted molar refractivity (Wildman–Crippen MR) is 85.7 cm³/mol. The Balaban J connectivity index is 2.11. The zero-order chi connectivity index (χ0) is 14.3. The Morgan fingerprint density at radius 1 is 1.10 bits per heavy atom. The van der Waals surface area contributed by atoms with E-state index in [0.717, 1.165) is 33.3 Å². The zero-order valence-corrected chi connectivity index (χ0v) is 13.1. The Bertz CT molecular complexity index is 664. The summed E-state index contributed by atoms with van der Waals surface area (Å²) in [6.45, 7) is 0. The summed E-state index contributed by atoms with van der Waals surface area (Å²) in [7, 11) is 3.96. The van der Waals surface area contributed by atoms with Crippen LogP contribution in [0.3, 0.4) is 0 Å². The minimum absolute atomic E-state index is 0.0522. The molecule has 0 spiro atoms. The number of hydrogen-bond donors (Lipinski definition) is 0. The summed E-state index contributed by atoms with van der Waals surface area (Å²) in [6, 6.07) is 14.1. The van der Waals surface area contributed by atoms with Gasteiger partial charge in [0, 0.05) is 29.8 Å². The second kappa shape index (κ2) is 5.06. The van der Waals surface area contributed by atoms with Crippen molar-refractivity contribution in [3.8, 4) is 0 Å². The quantitative estimate of drug-likeness (QED) is 0.828. The molecule has 0 heterocycles. The van der Waals surface area contributed by atoms with E-state index in [4.69, 9.17) is 0 Å². The van der Waals surface area contributed by atoms with Crippen molar-refractivity contribution in [3.63, 3.8) is 0 Å². The van der Waals surface area contributed by atoms with Crippen LogP contribution in [0.5, 0.6) is 0 Å². The van der Waals surface area contributed by atoms with E-state index >= 15 is 0 Å². The first-order valence-corrected chi connectivity index (χ1v) is 7.46. The second-order valence-corrected chi connectivity index (χ2v) is 6.20. The van der Waals surface area contributed by atoms with Crippen molar-refractivity contribution in [1.82, 2.24) is 0 Å². The van der Waals surface area contributed by atoms with Crippen LogP contribution in [0.4, 0.5) is 5.69 Å². The number of halogens is 1. The SMILES string of the molecule is CN(C)c1ccc(Br)c2c1C(=O)C(c1ccccc1)C2. The Morgan fingerprint density at radius 2 is 1.80 bits per heavy atom. The van der Waals surface area contributed by atoms with E-state index in [9.17, 15) is 4.79 Å². The van der Waals surface area contributed by atoms with Gasteiger partial charge in [-0.05, 0) is 29.7 Å². The summed E-state index contributed by atoms with van der Waals surface area (Å²) >= 11 is 3.59. The Labute approximate surface area is 127 Å². The molecule has 2 aromatic rings. The van der Waals surface area contributed by atoms with Gasteiger partial charge in [-0.1, -0.05) is 46.3 Å². The van der Waals surface area contributed by atoms with E-state index in [-0.39, 0.29) is 11.7 Å². The number of nitrogens with zero attached hydrogens (tertiary/aromatic N) is 1. The van der Waals surface area contributed by atoms with Crippen LogP contribution in [-0.4, -0.2) is 19.9 Å². The highest BCUT2D eigenvalue weighted by Crippen LogP contribution is 2.41. The molecular formula is C17H16BrNO. The summed E-state index contributed by atoms with van der Waals surface area (Å²) in [4.78, 5) is 14.8. The monoisotopic (exact) mass is 329 g/mol.